The number of Topliss-reactive ketones (excluding diaryl/α,β-unsaturated/α-hetero) is 2. The molecule has 1 fully saturated rings. The first-order valence-corrected chi connectivity index (χ1v) is 7.51. The molecule has 0 heterocycles. The molecule has 19 heavy (non-hydrogen) atoms. The van der Waals surface area contributed by atoms with Crippen molar-refractivity contribution in [2.75, 3.05) is 0 Å². The highest BCUT2D eigenvalue weighted by atomic mass is 16.1. The number of fused-ring (bicyclic) bond motifs is 5. The molecular weight excluding hydrogens is 236 g/mol. The van der Waals surface area contributed by atoms with Crippen LogP contribution in [-0.4, -0.2) is 11.6 Å². The summed E-state index contributed by atoms with van der Waals surface area (Å²) in [7, 11) is 0. The van der Waals surface area contributed by atoms with Crippen molar-refractivity contribution in [2.24, 2.45) is 23.7 Å². The van der Waals surface area contributed by atoms with Gasteiger partial charge in [-0.05, 0) is 43.9 Å². The number of ketones is 2. The third-order valence-corrected chi connectivity index (χ3v) is 5.91. The van der Waals surface area contributed by atoms with E-state index in [1.54, 1.807) is 0 Å². The molecule has 2 heteroatoms. The van der Waals surface area contributed by atoms with Crippen LogP contribution in [0.4, 0.5) is 0 Å². The highest BCUT2D eigenvalue weighted by Gasteiger charge is 2.52. The van der Waals surface area contributed by atoms with Crippen LogP contribution in [0.2, 0.25) is 0 Å². The zero-order valence-corrected chi connectivity index (χ0v) is 10.8. The van der Waals surface area contributed by atoms with Crippen LogP contribution in [0.5, 0.6) is 0 Å². The zero-order chi connectivity index (χ0) is 12.7. The summed E-state index contributed by atoms with van der Waals surface area (Å²) in [6.07, 6.45) is 9.73. The molecular formula is C17H16O2. The lowest BCUT2D eigenvalue weighted by atomic mass is 9.63. The molecule has 6 rings (SSSR count). The molecule has 0 spiro atoms. The third-order valence-electron chi connectivity index (χ3n) is 5.91. The summed E-state index contributed by atoms with van der Waals surface area (Å²) in [6.45, 7) is 0. The topological polar surface area (TPSA) is 34.1 Å². The van der Waals surface area contributed by atoms with Crippen molar-refractivity contribution >= 4 is 11.6 Å². The van der Waals surface area contributed by atoms with Gasteiger partial charge in [0.25, 0.3) is 0 Å². The van der Waals surface area contributed by atoms with Crippen molar-refractivity contribution in [2.45, 2.75) is 32.1 Å². The van der Waals surface area contributed by atoms with Gasteiger partial charge in [0, 0.05) is 34.1 Å². The molecule has 0 aromatic rings. The van der Waals surface area contributed by atoms with Gasteiger partial charge in [-0.15, -0.1) is 0 Å². The molecule has 1 saturated carbocycles. The fraction of sp³-hybridized carbons (Fsp3) is 0.529. The quantitative estimate of drug-likeness (QED) is 0.490. The Bertz CT molecular complexity index is 580. The van der Waals surface area contributed by atoms with Gasteiger partial charge >= 0.3 is 0 Å². The van der Waals surface area contributed by atoms with Crippen molar-refractivity contribution in [3.8, 4) is 0 Å². The monoisotopic (exact) mass is 252 g/mol. The molecule has 2 nitrogen and oxygen atoms in total. The van der Waals surface area contributed by atoms with Crippen LogP contribution in [0.15, 0.2) is 34.4 Å². The van der Waals surface area contributed by atoms with E-state index < -0.39 is 0 Å². The van der Waals surface area contributed by atoms with Gasteiger partial charge in [-0.3, -0.25) is 9.59 Å². The van der Waals surface area contributed by atoms with E-state index in [4.69, 9.17) is 0 Å². The molecule has 0 aromatic carbocycles. The molecule has 0 radical (unpaired) electrons. The second-order valence-electron chi connectivity index (χ2n) is 6.70. The van der Waals surface area contributed by atoms with Crippen LogP contribution >= 0.6 is 0 Å². The molecule has 0 saturated heterocycles. The number of carbonyl (C=O) groups excluding carboxylic acids is 2. The van der Waals surface area contributed by atoms with Crippen LogP contribution in [0.1, 0.15) is 32.1 Å². The summed E-state index contributed by atoms with van der Waals surface area (Å²) in [5, 5.41) is 0. The van der Waals surface area contributed by atoms with E-state index in [0.29, 0.717) is 11.8 Å². The Hall–Kier alpha value is -1.44. The van der Waals surface area contributed by atoms with Gasteiger partial charge < -0.3 is 0 Å². The Morgan fingerprint density at radius 2 is 1.16 bits per heavy atom. The third kappa shape index (κ3) is 1.06. The minimum atomic E-state index is 0.227. The Balaban J connectivity index is 1.73. The summed E-state index contributed by atoms with van der Waals surface area (Å²) < 4.78 is 0. The first kappa shape index (κ1) is 10.4. The van der Waals surface area contributed by atoms with E-state index in [-0.39, 0.29) is 23.4 Å². The molecule has 4 unspecified atom stereocenters. The van der Waals surface area contributed by atoms with Crippen LogP contribution in [0.25, 0.3) is 0 Å². The predicted octanol–water partition coefficient (Wildman–Crippen LogP) is 2.76. The standard InChI is InChI=1S/C17H16O2/c18-16-12-8-1-2-9(4-3-8)13(12)17(19)15-11-6-5-10(7-11)14(15)16/h1-2,8-11H,3-7H2. The largest absolute Gasteiger partial charge is 0.289 e. The Morgan fingerprint density at radius 3 is 1.58 bits per heavy atom. The summed E-state index contributed by atoms with van der Waals surface area (Å²) in [6, 6.07) is 0. The van der Waals surface area contributed by atoms with Crippen molar-refractivity contribution < 1.29 is 9.59 Å². The van der Waals surface area contributed by atoms with Crippen molar-refractivity contribution in [1.29, 1.82) is 0 Å². The van der Waals surface area contributed by atoms with Crippen molar-refractivity contribution in [3.63, 3.8) is 0 Å². The zero-order valence-electron chi connectivity index (χ0n) is 10.8. The van der Waals surface area contributed by atoms with Gasteiger partial charge in [0.05, 0.1) is 0 Å². The van der Waals surface area contributed by atoms with E-state index in [1.807, 2.05) is 0 Å². The first-order valence-electron chi connectivity index (χ1n) is 7.51. The van der Waals surface area contributed by atoms with Crippen LogP contribution in [0, 0.1) is 23.7 Å². The van der Waals surface area contributed by atoms with E-state index in [9.17, 15) is 9.59 Å². The maximum Gasteiger partial charge on any atom is 0.186 e. The molecule has 4 atom stereocenters. The highest BCUT2D eigenvalue weighted by Crippen LogP contribution is 2.56. The predicted molar refractivity (Wildman–Crippen MR) is 70.3 cm³/mol. The van der Waals surface area contributed by atoms with Gasteiger partial charge in [-0.1, -0.05) is 12.2 Å². The lowest BCUT2D eigenvalue weighted by Gasteiger charge is -2.38. The van der Waals surface area contributed by atoms with Crippen LogP contribution in [-0.2, 0) is 9.59 Å². The molecule has 0 aromatic heterocycles. The van der Waals surface area contributed by atoms with Gasteiger partial charge in [-0.25, -0.2) is 0 Å². The van der Waals surface area contributed by atoms with Crippen LogP contribution < -0.4 is 0 Å². The molecule has 6 aliphatic rings. The Kier molecular flexibility index (Phi) is 1.73. The lowest BCUT2D eigenvalue weighted by Crippen LogP contribution is -2.37. The summed E-state index contributed by atoms with van der Waals surface area (Å²) >= 11 is 0. The van der Waals surface area contributed by atoms with E-state index >= 15 is 0 Å². The Labute approximate surface area is 112 Å². The molecule has 6 aliphatic carbocycles. The fourth-order valence-corrected chi connectivity index (χ4v) is 5.13. The molecule has 0 N–H and O–H groups in total. The van der Waals surface area contributed by atoms with Gasteiger partial charge in [0.1, 0.15) is 0 Å². The molecule has 0 amide bonds. The highest BCUT2D eigenvalue weighted by molar-refractivity contribution is 6.27. The number of hydrogen-bond acceptors (Lipinski definition) is 2. The van der Waals surface area contributed by atoms with Gasteiger partial charge in [0.2, 0.25) is 0 Å². The van der Waals surface area contributed by atoms with Crippen LogP contribution in [0.3, 0.4) is 0 Å². The molecule has 96 valence electrons. The second-order valence-corrected chi connectivity index (χ2v) is 6.70. The average Bonchev–Trinajstić information content (AvgIpc) is 3.06. The van der Waals surface area contributed by atoms with Crippen molar-refractivity contribution in [1.82, 2.24) is 0 Å². The normalized spacial score (nSPS) is 42.3. The SMILES string of the molecule is O=C1C2=C(C(=O)C3=C1C1CCC3C1)C1C=CC2CC1. The summed E-state index contributed by atoms with van der Waals surface area (Å²) in [5.41, 5.74) is 3.63. The number of allylic oxidation sites excluding steroid dienone is 6. The number of hydrogen-bond donors (Lipinski definition) is 0. The Morgan fingerprint density at radius 1 is 0.684 bits per heavy atom. The average molecular weight is 252 g/mol. The lowest BCUT2D eigenvalue weighted by molar-refractivity contribution is -0.118. The second kappa shape index (κ2) is 3.17. The van der Waals surface area contributed by atoms with E-state index in [0.717, 1.165) is 54.4 Å². The summed E-state index contributed by atoms with van der Waals surface area (Å²) in [5.74, 6) is 1.74. The maximum absolute atomic E-state index is 12.9. The summed E-state index contributed by atoms with van der Waals surface area (Å²) in [4.78, 5) is 25.7. The van der Waals surface area contributed by atoms with Gasteiger partial charge in [0.15, 0.2) is 11.6 Å². The molecule has 4 bridgehead atoms. The minimum absolute atomic E-state index is 0.227. The number of carbonyl (C=O) groups is 2. The van der Waals surface area contributed by atoms with E-state index in [1.165, 1.54) is 0 Å². The van der Waals surface area contributed by atoms with Crippen molar-refractivity contribution in [3.05, 3.63) is 34.4 Å². The molecule has 0 aliphatic heterocycles. The fourth-order valence-electron chi connectivity index (χ4n) is 5.13. The minimum Gasteiger partial charge on any atom is -0.289 e. The number of rotatable bonds is 0. The van der Waals surface area contributed by atoms with Gasteiger partial charge in [-0.2, -0.15) is 0 Å². The maximum atomic E-state index is 12.9. The van der Waals surface area contributed by atoms with E-state index in [2.05, 4.69) is 12.2 Å². The smallest absolute Gasteiger partial charge is 0.186 e. The first-order chi connectivity index (χ1) is 9.25.